The zero-order valence-electron chi connectivity index (χ0n) is 9.66. The maximum atomic E-state index is 13.1. The van der Waals surface area contributed by atoms with E-state index in [4.69, 9.17) is 10.5 Å². The van der Waals surface area contributed by atoms with Gasteiger partial charge in [-0.15, -0.1) is 0 Å². The molecule has 1 aliphatic rings. The summed E-state index contributed by atoms with van der Waals surface area (Å²) in [5.41, 5.74) is 7.01. The van der Waals surface area contributed by atoms with Crippen LogP contribution in [0.15, 0.2) is 22.7 Å². The molecule has 0 amide bonds. The number of rotatable bonds is 4. The molecule has 1 aromatic carbocycles. The molecule has 1 saturated heterocycles. The third kappa shape index (κ3) is 3.76. The van der Waals surface area contributed by atoms with E-state index >= 15 is 0 Å². The van der Waals surface area contributed by atoms with Gasteiger partial charge >= 0.3 is 0 Å². The van der Waals surface area contributed by atoms with Crippen molar-refractivity contribution in [3.8, 4) is 0 Å². The zero-order valence-corrected chi connectivity index (χ0v) is 11.2. The Kier molecular flexibility index (Phi) is 4.54. The van der Waals surface area contributed by atoms with Gasteiger partial charge in [0.25, 0.3) is 0 Å². The lowest BCUT2D eigenvalue weighted by atomic mass is 10.00. The number of ether oxygens (including phenoxy) is 1. The molecule has 1 heterocycles. The number of hydrogen-bond acceptors (Lipinski definition) is 2. The highest BCUT2D eigenvalue weighted by molar-refractivity contribution is 9.10. The molecule has 2 nitrogen and oxygen atoms in total. The molecule has 94 valence electrons. The van der Waals surface area contributed by atoms with Crippen molar-refractivity contribution in [3.05, 3.63) is 34.1 Å². The van der Waals surface area contributed by atoms with Gasteiger partial charge in [-0.05, 0) is 49.4 Å². The summed E-state index contributed by atoms with van der Waals surface area (Å²) in [7, 11) is 0. The van der Waals surface area contributed by atoms with Crippen LogP contribution in [0.2, 0.25) is 0 Å². The van der Waals surface area contributed by atoms with Crippen molar-refractivity contribution in [2.75, 3.05) is 6.61 Å². The SMILES string of the molecule is NC(Cc1cc(F)ccc1Br)CC1CCCO1. The van der Waals surface area contributed by atoms with Gasteiger partial charge in [-0.1, -0.05) is 15.9 Å². The minimum atomic E-state index is -0.215. The first-order valence-electron chi connectivity index (χ1n) is 5.96. The Balaban J connectivity index is 1.92. The van der Waals surface area contributed by atoms with Crippen LogP contribution in [-0.4, -0.2) is 18.8 Å². The fourth-order valence-electron chi connectivity index (χ4n) is 2.23. The molecule has 0 spiro atoms. The zero-order chi connectivity index (χ0) is 12.3. The van der Waals surface area contributed by atoms with Crippen LogP contribution in [-0.2, 0) is 11.2 Å². The predicted octanol–water partition coefficient (Wildman–Crippen LogP) is 3.03. The standard InChI is InChI=1S/C13H17BrFNO/c14-13-4-3-10(15)6-9(13)7-11(16)8-12-2-1-5-17-12/h3-4,6,11-12H,1-2,5,7-8,16H2. The largest absolute Gasteiger partial charge is 0.378 e. The highest BCUT2D eigenvalue weighted by atomic mass is 79.9. The fraction of sp³-hybridized carbons (Fsp3) is 0.538. The molecule has 0 aliphatic carbocycles. The predicted molar refractivity (Wildman–Crippen MR) is 69.4 cm³/mol. The van der Waals surface area contributed by atoms with Crippen LogP contribution in [0, 0.1) is 5.82 Å². The Morgan fingerprint density at radius 3 is 3.06 bits per heavy atom. The molecule has 2 rings (SSSR count). The summed E-state index contributed by atoms with van der Waals surface area (Å²) in [4.78, 5) is 0. The van der Waals surface area contributed by atoms with Gasteiger partial charge < -0.3 is 10.5 Å². The molecule has 2 unspecified atom stereocenters. The van der Waals surface area contributed by atoms with E-state index in [0.717, 1.165) is 35.9 Å². The molecular formula is C13H17BrFNO. The summed E-state index contributed by atoms with van der Waals surface area (Å²) >= 11 is 3.42. The second-order valence-electron chi connectivity index (χ2n) is 4.57. The Labute approximate surface area is 109 Å². The Morgan fingerprint density at radius 2 is 2.35 bits per heavy atom. The summed E-state index contributed by atoms with van der Waals surface area (Å²) in [5.74, 6) is -0.215. The molecule has 0 radical (unpaired) electrons. The van der Waals surface area contributed by atoms with Gasteiger partial charge in [0.05, 0.1) is 6.10 Å². The third-order valence-corrected chi connectivity index (χ3v) is 3.85. The summed E-state index contributed by atoms with van der Waals surface area (Å²) in [6.07, 6.45) is 4.04. The smallest absolute Gasteiger partial charge is 0.123 e. The molecule has 4 heteroatoms. The summed E-state index contributed by atoms with van der Waals surface area (Å²) < 4.78 is 19.6. The Bertz CT molecular complexity index is 380. The van der Waals surface area contributed by atoms with Crippen molar-refractivity contribution in [2.24, 2.45) is 5.73 Å². The van der Waals surface area contributed by atoms with Crippen LogP contribution in [0.1, 0.15) is 24.8 Å². The minimum Gasteiger partial charge on any atom is -0.378 e. The molecular weight excluding hydrogens is 285 g/mol. The van der Waals surface area contributed by atoms with Crippen LogP contribution < -0.4 is 5.73 Å². The van der Waals surface area contributed by atoms with Crippen molar-refractivity contribution in [1.29, 1.82) is 0 Å². The van der Waals surface area contributed by atoms with Gasteiger partial charge in [0, 0.05) is 17.1 Å². The lowest BCUT2D eigenvalue weighted by Gasteiger charge is -2.16. The monoisotopic (exact) mass is 301 g/mol. The number of benzene rings is 1. The van der Waals surface area contributed by atoms with E-state index in [0.29, 0.717) is 6.42 Å². The van der Waals surface area contributed by atoms with Gasteiger partial charge in [0.2, 0.25) is 0 Å². The van der Waals surface area contributed by atoms with E-state index < -0.39 is 0 Å². The van der Waals surface area contributed by atoms with E-state index in [1.165, 1.54) is 6.07 Å². The van der Waals surface area contributed by atoms with Crippen molar-refractivity contribution in [1.82, 2.24) is 0 Å². The third-order valence-electron chi connectivity index (χ3n) is 3.08. The first kappa shape index (κ1) is 13.0. The van der Waals surface area contributed by atoms with Gasteiger partial charge in [0.15, 0.2) is 0 Å². The highest BCUT2D eigenvalue weighted by Crippen LogP contribution is 2.22. The maximum absolute atomic E-state index is 13.1. The molecule has 0 bridgehead atoms. The molecule has 2 N–H and O–H groups in total. The number of halogens is 2. The van der Waals surface area contributed by atoms with Crippen molar-refractivity contribution < 1.29 is 9.13 Å². The molecule has 0 saturated carbocycles. The van der Waals surface area contributed by atoms with Crippen LogP contribution in [0.5, 0.6) is 0 Å². The molecule has 1 aromatic rings. The highest BCUT2D eigenvalue weighted by Gasteiger charge is 2.19. The molecule has 2 atom stereocenters. The van der Waals surface area contributed by atoms with Gasteiger partial charge in [0.1, 0.15) is 5.82 Å². The van der Waals surface area contributed by atoms with Gasteiger partial charge in [-0.3, -0.25) is 0 Å². The lowest BCUT2D eigenvalue weighted by Crippen LogP contribution is -2.28. The second-order valence-corrected chi connectivity index (χ2v) is 5.43. The van der Waals surface area contributed by atoms with Crippen LogP contribution in [0.4, 0.5) is 4.39 Å². The Morgan fingerprint density at radius 1 is 1.53 bits per heavy atom. The average molecular weight is 302 g/mol. The first-order chi connectivity index (χ1) is 8.15. The fourth-order valence-corrected chi connectivity index (χ4v) is 2.64. The van der Waals surface area contributed by atoms with Crippen molar-refractivity contribution >= 4 is 15.9 Å². The van der Waals surface area contributed by atoms with Crippen LogP contribution in [0.3, 0.4) is 0 Å². The van der Waals surface area contributed by atoms with Crippen molar-refractivity contribution in [3.63, 3.8) is 0 Å². The normalized spacial score (nSPS) is 21.7. The molecule has 1 aliphatic heterocycles. The quantitative estimate of drug-likeness (QED) is 0.928. The minimum absolute atomic E-state index is 0.0243. The topological polar surface area (TPSA) is 35.2 Å². The van der Waals surface area contributed by atoms with Gasteiger partial charge in [-0.2, -0.15) is 0 Å². The lowest BCUT2D eigenvalue weighted by molar-refractivity contribution is 0.0983. The van der Waals surface area contributed by atoms with E-state index in [9.17, 15) is 4.39 Å². The number of hydrogen-bond donors (Lipinski definition) is 1. The van der Waals surface area contributed by atoms with Crippen LogP contribution >= 0.6 is 15.9 Å². The average Bonchev–Trinajstić information content (AvgIpc) is 2.76. The Hall–Kier alpha value is -0.450. The molecule has 17 heavy (non-hydrogen) atoms. The van der Waals surface area contributed by atoms with E-state index in [1.807, 2.05) is 0 Å². The molecule has 0 aromatic heterocycles. The summed E-state index contributed by atoms with van der Waals surface area (Å²) in [6.45, 7) is 0.848. The summed E-state index contributed by atoms with van der Waals surface area (Å²) in [6, 6.07) is 4.73. The first-order valence-corrected chi connectivity index (χ1v) is 6.75. The maximum Gasteiger partial charge on any atom is 0.123 e. The van der Waals surface area contributed by atoms with E-state index in [-0.39, 0.29) is 18.0 Å². The van der Waals surface area contributed by atoms with E-state index in [1.54, 1.807) is 12.1 Å². The molecule has 1 fully saturated rings. The second kappa shape index (κ2) is 5.94. The van der Waals surface area contributed by atoms with E-state index in [2.05, 4.69) is 15.9 Å². The summed E-state index contributed by atoms with van der Waals surface area (Å²) in [5, 5.41) is 0. The van der Waals surface area contributed by atoms with Crippen LogP contribution in [0.25, 0.3) is 0 Å². The van der Waals surface area contributed by atoms with Gasteiger partial charge in [-0.25, -0.2) is 4.39 Å². The van der Waals surface area contributed by atoms with Crippen molar-refractivity contribution in [2.45, 2.75) is 37.8 Å². The number of nitrogens with two attached hydrogens (primary N) is 1.